The molecule has 2 atom stereocenters. The monoisotopic (exact) mass is 249 g/mol. The second-order valence-electron chi connectivity index (χ2n) is 6.93. The molecule has 3 rings (SSSR count). The lowest BCUT2D eigenvalue weighted by Gasteiger charge is -2.45. The van der Waals surface area contributed by atoms with Gasteiger partial charge in [0, 0.05) is 19.0 Å². The van der Waals surface area contributed by atoms with Crippen LogP contribution in [0.2, 0.25) is 0 Å². The Bertz CT molecular complexity index is 320. The predicted molar refractivity (Wildman–Crippen MR) is 74.8 cm³/mol. The Balaban J connectivity index is 1.62. The van der Waals surface area contributed by atoms with E-state index in [-0.39, 0.29) is 0 Å². The fourth-order valence-corrected chi connectivity index (χ4v) is 4.33. The number of nitrogens with one attached hydrogen (secondary N) is 1. The summed E-state index contributed by atoms with van der Waals surface area (Å²) in [6.45, 7) is 2.51. The van der Waals surface area contributed by atoms with Crippen molar-refractivity contribution < 1.29 is 0 Å². The van der Waals surface area contributed by atoms with Gasteiger partial charge in [-0.15, -0.1) is 0 Å². The molecule has 1 aliphatic heterocycles. The zero-order valence-electron chi connectivity index (χ0n) is 11.5. The Kier molecular flexibility index (Phi) is 3.35. The molecule has 3 nitrogen and oxygen atoms in total. The minimum Gasteiger partial charge on any atom is -0.388 e. The van der Waals surface area contributed by atoms with E-state index in [1.54, 1.807) is 0 Å². The van der Waals surface area contributed by atoms with Crippen molar-refractivity contribution in [3.8, 4) is 0 Å². The molecule has 0 bridgehead atoms. The van der Waals surface area contributed by atoms with Crippen molar-refractivity contribution >= 4 is 5.84 Å². The lowest BCUT2D eigenvalue weighted by molar-refractivity contribution is 0.0449. The number of rotatable bonds is 4. The SMILES string of the molecule is N=C(N)CC1(CN2CCC[C@H]3CCCC[C@H]32)CC1. The maximum absolute atomic E-state index is 7.55. The van der Waals surface area contributed by atoms with Crippen LogP contribution in [0.4, 0.5) is 0 Å². The number of nitrogens with zero attached hydrogens (tertiary/aromatic N) is 1. The van der Waals surface area contributed by atoms with Gasteiger partial charge in [0.05, 0.1) is 5.84 Å². The van der Waals surface area contributed by atoms with Crippen LogP contribution in [0.3, 0.4) is 0 Å². The Labute approximate surface area is 111 Å². The molecule has 1 heterocycles. The van der Waals surface area contributed by atoms with Crippen molar-refractivity contribution in [2.24, 2.45) is 17.1 Å². The first kappa shape index (κ1) is 12.5. The van der Waals surface area contributed by atoms with Crippen LogP contribution in [0.15, 0.2) is 0 Å². The number of hydrogen-bond acceptors (Lipinski definition) is 2. The summed E-state index contributed by atoms with van der Waals surface area (Å²) in [5.74, 6) is 1.37. The van der Waals surface area contributed by atoms with Crippen molar-refractivity contribution in [3.05, 3.63) is 0 Å². The number of hydrogen-bond donors (Lipinski definition) is 2. The van der Waals surface area contributed by atoms with Crippen LogP contribution in [-0.4, -0.2) is 29.9 Å². The first-order valence-electron chi connectivity index (χ1n) is 7.76. The molecule has 0 aromatic rings. The molecule has 2 saturated carbocycles. The molecule has 0 unspecified atom stereocenters. The molecule has 3 N–H and O–H groups in total. The minimum atomic E-state index is 0.393. The maximum atomic E-state index is 7.55. The highest BCUT2D eigenvalue weighted by Crippen LogP contribution is 2.50. The van der Waals surface area contributed by atoms with Crippen molar-refractivity contribution in [2.75, 3.05) is 13.1 Å². The molecular weight excluding hydrogens is 222 g/mol. The zero-order valence-corrected chi connectivity index (χ0v) is 11.5. The summed E-state index contributed by atoms with van der Waals surface area (Å²) < 4.78 is 0. The topological polar surface area (TPSA) is 53.1 Å². The van der Waals surface area contributed by atoms with E-state index in [0.29, 0.717) is 11.3 Å². The molecule has 0 aromatic carbocycles. The third kappa shape index (κ3) is 2.56. The Morgan fingerprint density at radius 3 is 2.61 bits per heavy atom. The van der Waals surface area contributed by atoms with Crippen molar-refractivity contribution in [1.82, 2.24) is 4.90 Å². The van der Waals surface area contributed by atoms with Crippen molar-refractivity contribution in [1.29, 1.82) is 5.41 Å². The highest BCUT2D eigenvalue weighted by Gasteiger charge is 2.46. The van der Waals surface area contributed by atoms with Gasteiger partial charge in [0.25, 0.3) is 0 Å². The molecule has 1 saturated heterocycles. The number of nitrogens with two attached hydrogens (primary N) is 1. The fourth-order valence-electron chi connectivity index (χ4n) is 4.33. The number of amidine groups is 1. The van der Waals surface area contributed by atoms with E-state index in [0.717, 1.165) is 18.4 Å². The maximum Gasteiger partial charge on any atom is 0.0911 e. The van der Waals surface area contributed by atoms with E-state index in [1.165, 1.54) is 64.5 Å². The van der Waals surface area contributed by atoms with Gasteiger partial charge in [-0.25, -0.2) is 0 Å². The van der Waals surface area contributed by atoms with Gasteiger partial charge in [-0.1, -0.05) is 12.8 Å². The van der Waals surface area contributed by atoms with Crippen LogP contribution >= 0.6 is 0 Å². The smallest absolute Gasteiger partial charge is 0.0911 e. The van der Waals surface area contributed by atoms with Gasteiger partial charge in [-0.3, -0.25) is 10.3 Å². The molecule has 0 aromatic heterocycles. The largest absolute Gasteiger partial charge is 0.388 e. The van der Waals surface area contributed by atoms with Gasteiger partial charge in [0.2, 0.25) is 0 Å². The number of likely N-dealkylation sites (tertiary alicyclic amines) is 1. The molecule has 0 amide bonds. The quantitative estimate of drug-likeness (QED) is 0.594. The lowest BCUT2D eigenvalue weighted by atomic mass is 9.78. The highest BCUT2D eigenvalue weighted by atomic mass is 15.2. The van der Waals surface area contributed by atoms with Gasteiger partial charge < -0.3 is 5.73 Å². The molecule has 0 spiro atoms. The summed E-state index contributed by atoms with van der Waals surface area (Å²) in [5, 5.41) is 7.55. The highest BCUT2D eigenvalue weighted by molar-refractivity contribution is 5.78. The predicted octanol–water partition coefficient (Wildman–Crippen LogP) is 2.75. The summed E-state index contributed by atoms with van der Waals surface area (Å²) in [7, 11) is 0. The standard InChI is InChI=1S/C15H27N3/c16-14(17)10-15(7-8-15)11-18-9-3-5-12-4-1-2-6-13(12)18/h12-13H,1-11H2,(H3,16,17)/t12-,13-/m1/s1. The molecule has 3 heteroatoms. The summed E-state index contributed by atoms with van der Waals surface area (Å²) >= 11 is 0. The molecular formula is C15H27N3. The van der Waals surface area contributed by atoms with E-state index in [1.807, 2.05) is 0 Å². The van der Waals surface area contributed by atoms with Gasteiger partial charge in [0.1, 0.15) is 0 Å². The van der Waals surface area contributed by atoms with E-state index in [2.05, 4.69) is 4.90 Å². The first-order valence-corrected chi connectivity index (χ1v) is 7.76. The molecule has 3 fully saturated rings. The Morgan fingerprint density at radius 1 is 1.17 bits per heavy atom. The van der Waals surface area contributed by atoms with E-state index in [4.69, 9.17) is 11.1 Å². The molecule has 0 radical (unpaired) electrons. The van der Waals surface area contributed by atoms with Gasteiger partial charge in [-0.05, 0) is 56.4 Å². The van der Waals surface area contributed by atoms with Crippen LogP contribution in [-0.2, 0) is 0 Å². The molecule has 2 aliphatic carbocycles. The van der Waals surface area contributed by atoms with E-state index < -0.39 is 0 Å². The van der Waals surface area contributed by atoms with Gasteiger partial charge in [0.15, 0.2) is 0 Å². The number of piperidine rings is 1. The van der Waals surface area contributed by atoms with Crippen molar-refractivity contribution in [3.63, 3.8) is 0 Å². The summed E-state index contributed by atoms with van der Waals surface area (Å²) in [5.41, 5.74) is 6.01. The van der Waals surface area contributed by atoms with Crippen LogP contribution in [0.1, 0.15) is 57.8 Å². The molecule has 18 heavy (non-hydrogen) atoms. The average molecular weight is 249 g/mol. The third-order valence-corrected chi connectivity index (χ3v) is 5.42. The molecule has 3 aliphatic rings. The van der Waals surface area contributed by atoms with Crippen LogP contribution in [0.25, 0.3) is 0 Å². The lowest BCUT2D eigenvalue weighted by Crippen LogP contribution is -2.49. The van der Waals surface area contributed by atoms with Crippen LogP contribution in [0, 0.1) is 16.7 Å². The van der Waals surface area contributed by atoms with E-state index >= 15 is 0 Å². The zero-order chi connectivity index (χ0) is 12.6. The summed E-state index contributed by atoms with van der Waals surface area (Å²) in [6.07, 6.45) is 12.0. The van der Waals surface area contributed by atoms with Crippen molar-refractivity contribution in [2.45, 2.75) is 63.8 Å². The van der Waals surface area contributed by atoms with E-state index in [9.17, 15) is 0 Å². The van der Waals surface area contributed by atoms with Crippen LogP contribution in [0.5, 0.6) is 0 Å². The van der Waals surface area contributed by atoms with Gasteiger partial charge >= 0.3 is 0 Å². The second-order valence-corrected chi connectivity index (χ2v) is 6.93. The first-order chi connectivity index (χ1) is 8.69. The summed E-state index contributed by atoms with van der Waals surface area (Å²) in [4.78, 5) is 2.77. The fraction of sp³-hybridized carbons (Fsp3) is 0.933. The third-order valence-electron chi connectivity index (χ3n) is 5.42. The van der Waals surface area contributed by atoms with Crippen LogP contribution < -0.4 is 5.73 Å². The van der Waals surface area contributed by atoms with Gasteiger partial charge in [-0.2, -0.15) is 0 Å². The normalized spacial score (nSPS) is 34.9. The minimum absolute atomic E-state index is 0.393. The summed E-state index contributed by atoms with van der Waals surface area (Å²) in [6, 6.07) is 0.858. The Morgan fingerprint density at radius 2 is 1.89 bits per heavy atom. The number of fused-ring (bicyclic) bond motifs is 1. The Hall–Kier alpha value is -0.570. The second kappa shape index (κ2) is 4.84. The molecule has 102 valence electrons. The average Bonchev–Trinajstić information content (AvgIpc) is 3.08.